The molecule has 8 heteroatoms. The van der Waals surface area contributed by atoms with E-state index in [1.54, 1.807) is 66.9 Å². The molecule has 2 amide bonds. The molecule has 0 aliphatic carbocycles. The van der Waals surface area contributed by atoms with Crippen molar-refractivity contribution in [1.29, 1.82) is 0 Å². The molecule has 6 nitrogen and oxygen atoms in total. The van der Waals surface area contributed by atoms with Gasteiger partial charge in [0.25, 0.3) is 5.91 Å². The van der Waals surface area contributed by atoms with E-state index in [9.17, 15) is 14.0 Å². The molecule has 2 aromatic carbocycles. The van der Waals surface area contributed by atoms with Crippen molar-refractivity contribution >= 4 is 23.2 Å². The zero-order valence-corrected chi connectivity index (χ0v) is 20.0. The van der Waals surface area contributed by atoms with Gasteiger partial charge in [-0.2, -0.15) is 0 Å². The van der Waals surface area contributed by atoms with Crippen LogP contribution in [0.4, 0.5) is 4.39 Å². The summed E-state index contributed by atoms with van der Waals surface area (Å²) in [4.78, 5) is 31.4. The monoisotopic (exact) mass is 482 g/mol. The summed E-state index contributed by atoms with van der Waals surface area (Å²) in [5.74, 6) is -0.0827. The van der Waals surface area contributed by atoms with Crippen molar-refractivity contribution in [3.63, 3.8) is 0 Å². The number of thiophene rings is 1. The molecule has 1 aromatic heterocycles. The maximum atomic E-state index is 13.6. The Balaban J connectivity index is 1.59. The van der Waals surface area contributed by atoms with Gasteiger partial charge in [-0.15, -0.1) is 11.3 Å². The molecule has 0 saturated heterocycles. The maximum absolute atomic E-state index is 13.6. The molecular weight excluding hydrogens is 455 g/mol. The van der Waals surface area contributed by atoms with E-state index in [0.29, 0.717) is 24.5 Å². The summed E-state index contributed by atoms with van der Waals surface area (Å²) >= 11 is 1.67. The number of hydrogen-bond donors (Lipinski definition) is 0. The first-order valence-electron chi connectivity index (χ1n) is 11.0. The Kier molecular flexibility index (Phi) is 7.59. The lowest BCUT2D eigenvalue weighted by Crippen LogP contribution is -2.47. The van der Waals surface area contributed by atoms with Gasteiger partial charge >= 0.3 is 0 Å². The second kappa shape index (κ2) is 10.8. The smallest absolute Gasteiger partial charge is 0.254 e. The number of hydrogen-bond acceptors (Lipinski definition) is 5. The van der Waals surface area contributed by atoms with Gasteiger partial charge in [0.2, 0.25) is 5.91 Å². The molecule has 34 heavy (non-hydrogen) atoms. The molecule has 0 N–H and O–H groups in total. The van der Waals surface area contributed by atoms with Crippen LogP contribution in [0, 0.1) is 5.82 Å². The molecule has 4 rings (SSSR count). The van der Waals surface area contributed by atoms with E-state index < -0.39 is 0 Å². The molecule has 178 valence electrons. The molecule has 0 spiro atoms. The minimum absolute atomic E-state index is 0.0780. The number of ether oxygens (including phenoxy) is 2. The van der Waals surface area contributed by atoms with Crippen molar-refractivity contribution in [2.75, 3.05) is 40.5 Å². The molecular formula is C26H27FN2O4S. The van der Waals surface area contributed by atoms with Gasteiger partial charge in [0.05, 0.1) is 19.8 Å². The lowest BCUT2D eigenvalue weighted by molar-refractivity contribution is -0.134. The summed E-state index contributed by atoms with van der Waals surface area (Å²) < 4.78 is 24.0. The standard InChI is InChI=1S/C26H27FN2O4S/c1-32-15-14-28(26(31)19-5-9-21(33-2)10-6-19)17-24(30)29-13-11-23-22(12-16-34-23)25(29)18-3-7-20(27)8-4-18/h3-10,12,16,25H,11,13-15,17H2,1-2H3. The van der Waals surface area contributed by atoms with Crippen LogP contribution < -0.4 is 4.74 Å². The molecule has 3 aromatic rings. The second-order valence-corrected chi connectivity index (χ2v) is 9.04. The Morgan fingerprint density at radius 1 is 1.09 bits per heavy atom. The van der Waals surface area contributed by atoms with Crippen LogP contribution in [-0.2, 0) is 16.0 Å². The molecule has 0 radical (unpaired) electrons. The second-order valence-electron chi connectivity index (χ2n) is 8.04. The Bertz CT molecular complexity index is 1130. The fourth-order valence-corrected chi connectivity index (χ4v) is 5.12. The van der Waals surface area contributed by atoms with Crippen molar-refractivity contribution in [2.24, 2.45) is 0 Å². The molecule has 2 heterocycles. The third-order valence-electron chi connectivity index (χ3n) is 5.99. The molecule has 1 unspecified atom stereocenters. The molecule has 0 saturated carbocycles. The predicted molar refractivity (Wildman–Crippen MR) is 129 cm³/mol. The lowest BCUT2D eigenvalue weighted by Gasteiger charge is -2.37. The number of nitrogens with zero attached hydrogens (tertiary/aromatic N) is 2. The quantitative estimate of drug-likeness (QED) is 0.484. The van der Waals surface area contributed by atoms with E-state index in [-0.39, 0.29) is 36.8 Å². The first-order valence-corrected chi connectivity index (χ1v) is 11.9. The highest BCUT2D eigenvalue weighted by molar-refractivity contribution is 7.10. The van der Waals surface area contributed by atoms with Gasteiger partial charge in [0.15, 0.2) is 0 Å². The maximum Gasteiger partial charge on any atom is 0.254 e. The lowest BCUT2D eigenvalue weighted by atomic mass is 9.93. The van der Waals surface area contributed by atoms with Crippen molar-refractivity contribution in [1.82, 2.24) is 9.80 Å². The Morgan fingerprint density at radius 3 is 2.50 bits per heavy atom. The number of benzene rings is 2. The summed E-state index contributed by atoms with van der Waals surface area (Å²) in [6.07, 6.45) is 0.751. The van der Waals surface area contributed by atoms with Crippen LogP contribution in [0.3, 0.4) is 0 Å². The summed E-state index contributed by atoms with van der Waals surface area (Å²) in [6, 6.07) is 14.8. The number of rotatable bonds is 8. The minimum atomic E-state index is -0.321. The van der Waals surface area contributed by atoms with Crippen LogP contribution >= 0.6 is 11.3 Å². The first-order chi connectivity index (χ1) is 16.5. The Labute approximate surface area is 202 Å². The number of halogens is 1. The molecule has 0 fully saturated rings. The highest BCUT2D eigenvalue weighted by Gasteiger charge is 2.34. The van der Waals surface area contributed by atoms with Crippen LogP contribution in [0.1, 0.15) is 32.4 Å². The molecule has 1 aliphatic rings. The summed E-state index contributed by atoms with van der Waals surface area (Å²) in [5, 5.41) is 2.02. The van der Waals surface area contributed by atoms with Crippen LogP contribution in [0.2, 0.25) is 0 Å². The Morgan fingerprint density at radius 2 is 1.82 bits per heavy atom. The van der Waals surface area contributed by atoms with Gasteiger partial charge in [-0.05, 0) is 65.4 Å². The van der Waals surface area contributed by atoms with E-state index in [2.05, 4.69) is 0 Å². The topological polar surface area (TPSA) is 59.1 Å². The van der Waals surface area contributed by atoms with Crippen LogP contribution in [0.15, 0.2) is 60.0 Å². The zero-order chi connectivity index (χ0) is 24.1. The van der Waals surface area contributed by atoms with Gasteiger partial charge in [0.1, 0.15) is 18.1 Å². The fourth-order valence-electron chi connectivity index (χ4n) is 4.21. The van der Waals surface area contributed by atoms with Crippen molar-refractivity contribution in [3.05, 3.63) is 87.4 Å². The van der Waals surface area contributed by atoms with Crippen LogP contribution in [0.5, 0.6) is 5.75 Å². The molecule has 0 bridgehead atoms. The van der Waals surface area contributed by atoms with Crippen LogP contribution in [-0.4, -0.2) is 62.1 Å². The SMILES string of the molecule is COCCN(CC(=O)N1CCc2sccc2C1c1ccc(F)cc1)C(=O)c1ccc(OC)cc1. The predicted octanol–water partition coefficient (Wildman–Crippen LogP) is 4.16. The van der Waals surface area contributed by atoms with E-state index in [1.807, 2.05) is 11.4 Å². The average Bonchev–Trinajstić information content (AvgIpc) is 3.35. The van der Waals surface area contributed by atoms with E-state index in [1.165, 1.54) is 21.9 Å². The number of carbonyl (C=O) groups is 2. The summed E-state index contributed by atoms with van der Waals surface area (Å²) in [5.41, 5.74) is 2.37. The third kappa shape index (κ3) is 5.13. The van der Waals surface area contributed by atoms with Gasteiger partial charge in [0, 0.05) is 30.6 Å². The zero-order valence-electron chi connectivity index (χ0n) is 19.2. The summed E-state index contributed by atoms with van der Waals surface area (Å²) in [7, 11) is 3.13. The molecule has 1 aliphatic heterocycles. The minimum Gasteiger partial charge on any atom is -0.497 e. The number of methoxy groups -OCH3 is 2. The number of amides is 2. The molecule has 1 atom stereocenters. The van der Waals surface area contributed by atoms with Gasteiger partial charge < -0.3 is 19.3 Å². The van der Waals surface area contributed by atoms with E-state index in [4.69, 9.17) is 9.47 Å². The van der Waals surface area contributed by atoms with Crippen molar-refractivity contribution in [3.8, 4) is 5.75 Å². The van der Waals surface area contributed by atoms with Crippen molar-refractivity contribution in [2.45, 2.75) is 12.5 Å². The van der Waals surface area contributed by atoms with Gasteiger partial charge in [-0.3, -0.25) is 9.59 Å². The van der Waals surface area contributed by atoms with Crippen LogP contribution in [0.25, 0.3) is 0 Å². The first kappa shape index (κ1) is 23.9. The third-order valence-corrected chi connectivity index (χ3v) is 6.98. The average molecular weight is 483 g/mol. The normalized spacial score (nSPS) is 15.0. The van der Waals surface area contributed by atoms with Gasteiger partial charge in [-0.1, -0.05) is 12.1 Å². The van der Waals surface area contributed by atoms with E-state index >= 15 is 0 Å². The fraction of sp³-hybridized carbons (Fsp3) is 0.308. The largest absolute Gasteiger partial charge is 0.497 e. The van der Waals surface area contributed by atoms with Crippen molar-refractivity contribution < 1.29 is 23.5 Å². The number of carbonyl (C=O) groups excluding carboxylic acids is 2. The van der Waals surface area contributed by atoms with E-state index in [0.717, 1.165) is 17.5 Å². The summed E-state index contributed by atoms with van der Waals surface area (Å²) in [6.45, 7) is 1.05. The Hall–Kier alpha value is -3.23. The highest BCUT2D eigenvalue weighted by atomic mass is 32.1. The van der Waals surface area contributed by atoms with Gasteiger partial charge in [-0.25, -0.2) is 4.39 Å². The number of fused-ring (bicyclic) bond motifs is 1. The highest BCUT2D eigenvalue weighted by Crippen LogP contribution is 2.38.